The van der Waals surface area contributed by atoms with Gasteiger partial charge in [-0.15, -0.1) is 0 Å². The first kappa shape index (κ1) is 19.6. The summed E-state index contributed by atoms with van der Waals surface area (Å²) in [6.07, 6.45) is 0. The molecule has 0 spiro atoms. The van der Waals surface area contributed by atoms with Crippen molar-refractivity contribution >= 4 is 37.0 Å². The highest BCUT2D eigenvalue weighted by Crippen LogP contribution is 2.53. The van der Waals surface area contributed by atoms with Crippen molar-refractivity contribution in [3.05, 3.63) is 86.3 Å². The number of hydrogen-bond donors (Lipinski definition) is 0. The zero-order chi connectivity index (χ0) is 20.2. The molecule has 1 aromatic heterocycles. The van der Waals surface area contributed by atoms with Crippen LogP contribution in [0.3, 0.4) is 0 Å². The monoisotopic (exact) mass is 425 g/mol. The molecule has 0 N–H and O–H groups in total. The van der Waals surface area contributed by atoms with Gasteiger partial charge in [0.05, 0.1) is 13.8 Å². The maximum atomic E-state index is 6.98. The average molecular weight is 426 g/mol. The van der Waals surface area contributed by atoms with Crippen LogP contribution in [0.2, 0.25) is 18.1 Å². The highest BCUT2D eigenvalue weighted by Gasteiger charge is 2.37. The Hall–Kier alpha value is -1.74. The fraction of sp³-hybridized carbons (Fsp3) is 0.250. The second kappa shape index (κ2) is 7.26. The van der Waals surface area contributed by atoms with Crippen LogP contribution in [0.1, 0.15) is 39.5 Å². The highest BCUT2D eigenvalue weighted by molar-refractivity contribution is 6.71. The summed E-state index contributed by atoms with van der Waals surface area (Å²) in [5.74, 6) is 1.92. The van der Waals surface area contributed by atoms with E-state index in [1.165, 1.54) is 21.9 Å². The number of allylic oxidation sites excluding steroid dienone is 1. The van der Waals surface area contributed by atoms with E-state index in [-0.39, 0.29) is 5.92 Å². The van der Waals surface area contributed by atoms with Crippen molar-refractivity contribution in [3.8, 4) is 11.3 Å². The van der Waals surface area contributed by atoms with Crippen LogP contribution >= 0.6 is 23.2 Å². The molecule has 0 bridgehead atoms. The van der Waals surface area contributed by atoms with E-state index >= 15 is 0 Å². The number of aryl methyl sites for hydroxylation is 2. The highest BCUT2D eigenvalue weighted by atomic mass is 35.5. The maximum absolute atomic E-state index is 6.98. The number of benzene rings is 2. The van der Waals surface area contributed by atoms with E-state index in [0.29, 0.717) is 0 Å². The van der Waals surface area contributed by atoms with Crippen LogP contribution in [0.5, 0.6) is 0 Å². The van der Waals surface area contributed by atoms with Crippen molar-refractivity contribution in [2.45, 2.75) is 39.8 Å². The first-order valence-corrected chi connectivity index (χ1v) is 12.7. The Morgan fingerprint density at radius 3 is 2.29 bits per heavy atom. The standard InChI is InChI=1S/C24H23Cl2OSi/c1-13-12-18-20(24(28(4)5)23(26)21(18)22(25)15(13)3)17-9-7-6-8-16(17)19-11-10-14(2)27-19/h6-12,20H,1-5H3. The minimum atomic E-state index is -0.799. The molecule has 0 aliphatic heterocycles. The molecule has 1 heterocycles. The Bertz CT molecular complexity index is 1110. The zero-order valence-corrected chi connectivity index (χ0v) is 19.3. The lowest BCUT2D eigenvalue weighted by molar-refractivity contribution is 0.547. The molecule has 1 aliphatic carbocycles. The smallest absolute Gasteiger partial charge is 0.134 e. The third kappa shape index (κ3) is 2.99. The van der Waals surface area contributed by atoms with Crippen LogP contribution in [-0.2, 0) is 0 Å². The predicted molar refractivity (Wildman–Crippen MR) is 122 cm³/mol. The van der Waals surface area contributed by atoms with Crippen LogP contribution in [0.4, 0.5) is 0 Å². The molecule has 1 radical (unpaired) electrons. The van der Waals surface area contributed by atoms with Gasteiger partial charge < -0.3 is 4.42 Å². The molecule has 4 rings (SSSR count). The van der Waals surface area contributed by atoms with Gasteiger partial charge in [-0.3, -0.25) is 0 Å². The zero-order valence-electron chi connectivity index (χ0n) is 16.8. The van der Waals surface area contributed by atoms with Gasteiger partial charge >= 0.3 is 0 Å². The van der Waals surface area contributed by atoms with Crippen molar-refractivity contribution in [3.63, 3.8) is 0 Å². The Morgan fingerprint density at radius 1 is 0.929 bits per heavy atom. The van der Waals surface area contributed by atoms with Crippen LogP contribution in [0.15, 0.2) is 52.1 Å². The fourth-order valence-corrected chi connectivity index (χ4v) is 6.89. The van der Waals surface area contributed by atoms with E-state index in [4.69, 9.17) is 27.6 Å². The van der Waals surface area contributed by atoms with E-state index in [1.807, 2.05) is 19.1 Å². The van der Waals surface area contributed by atoms with Crippen molar-refractivity contribution < 1.29 is 4.42 Å². The van der Waals surface area contributed by atoms with E-state index in [1.54, 1.807) is 0 Å². The first-order chi connectivity index (χ1) is 13.3. The van der Waals surface area contributed by atoms with Crippen LogP contribution in [-0.4, -0.2) is 8.80 Å². The summed E-state index contributed by atoms with van der Waals surface area (Å²) in [6, 6.07) is 14.8. The van der Waals surface area contributed by atoms with Gasteiger partial charge in [-0.1, -0.05) is 71.8 Å². The summed E-state index contributed by atoms with van der Waals surface area (Å²) < 4.78 is 5.98. The molecular weight excluding hydrogens is 403 g/mol. The lowest BCUT2D eigenvalue weighted by Gasteiger charge is -2.22. The first-order valence-electron chi connectivity index (χ1n) is 9.47. The van der Waals surface area contributed by atoms with Gasteiger partial charge in [-0.05, 0) is 55.2 Å². The second-order valence-electron chi connectivity index (χ2n) is 7.75. The number of halogens is 2. The molecule has 2 aromatic carbocycles. The quantitative estimate of drug-likeness (QED) is 0.388. The lowest BCUT2D eigenvalue weighted by atomic mass is 9.87. The Kier molecular flexibility index (Phi) is 5.07. The fourth-order valence-electron chi connectivity index (χ4n) is 4.15. The van der Waals surface area contributed by atoms with Gasteiger partial charge in [0.2, 0.25) is 0 Å². The van der Waals surface area contributed by atoms with Gasteiger partial charge in [0, 0.05) is 22.1 Å². The molecule has 1 aliphatic rings. The SMILES string of the molecule is Cc1ccc(-c2ccccc2C2C([Si](C)C)=C(Cl)c3c2cc(C)c(C)c3Cl)o1. The molecular formula is C24H23Cl2OSi. The second-order valence-corrected chi connectivity index (χ2v) is 11.0. The van der Waals surface area contributed by atoms with Crippen LogP contribution < -0.4 is 0 Å². The molecule has 1 unspecified atom stereocenters. The van der Waals surface area contributed by atoms with Crippen molar-refractivity contribution in [1.82, 2.24) is 0 Å². The molecule has 0 fully saturated rings. The molecule has 3 aromatic rings. The Balaban J connectivity index is 2.02. The molecule has 0 saturated carbocycles. The maximum Gasteiger partial charge on any atom is 0.134 e. The predicted octanol–water partition coefficient (Wildman–Crippen LogP) is 7.91. The normalized spacial score (nSPS) is 16.2. The Labute approximate surface area is 178 Å². The van der Waals surface area contributed by atoms with Crippen molar-refractivity contribution in [2.24, 2.45) is 0 Å². The molecule has 1 nitrogen and oxygen atoms in total. The summed E-state index contributed by atoms with van der Waals surface area (Å²) >= 11 is 13.8. The summed E-state index contributed by atoms with van der Waals surface area (Å²) in [4.78, 5) is 0. The molecule has 0 saturated heterocycles. The Morgan fingerprint density at radius 2 is 1.64 bits per heavy atom. The molecule has 1 atom stereocenters. The van der Waals surface area contributed by atoms with E-state index in [0.717, 1.165) is 38.3 Å². The average Bonchev–Trinajstić information content (AvgIpc) is 3.21. The molecule has 0 amide bonds. The summed E-state index contributed by atoms with van der Waals surface area (Å²) in [5.41, 5.74) is 6.89. The minimum absolute atomic E-state index is 0.116. The largest absolute Gasteiger partial charge is 0.461 e. The third-order valence-electron chi connectivity index (χ3n) is 5.67. The third-order valence-corrected chi connectivity index (χ3v) is 8.31. The van der Waals surface area contributed by atoms with E-state index in [9.17, 15) is 0 Å². The summed E-state index contributed by atoms with van der Waals surface area (Å²) in [7, 11) is -0.799. The summed E-state index contributed by atoms with van der Waals surface area (Å²) in [5, 5.41) is 2.95. The lowest BCUT2D eigenvalue weighted by Crippen LogP contribution is -2.14. The topological polar surface area (TPSA) is 13.1 Å². The van der Waals surface area contributed by atoms with Gasteiger partial charge in [-0.2, -0.15) is 0 Å². The molecule has 143 valence electrons. The van der Waals surface area contributed by atoms with Gasteiger partial charge in [0.25, 0.3) is 0 Å². The number of hydrogen-bond acceptors (Lipinski definition) is 1. The van der Waals surface area contributed by atoms with Gasteiger partial charge in [0.1, 0.15) is 11.5 Å². The van der Waals surface area contributed by atoms with Crippen molar-refractivity contribution in [1.29, 1.82) is 0 Å². The minimum Gasteiger partial charge on any atom is -0.461 e. The van der Waals surface area contributed by atoms with E-state index in [2.05, 4.69) is 57.3 Å². The molecule has 28 heavy (non-hydrogen) atoms. The summed E-state index contributed by atoms with van der Waals surface area (Å²) in [6.45, 7) is 10.8. The number of fused-ring (bicyclic) bond motifs is 1. The number of furan rings is 1. The molecule has 4 heteroatoms. The van der Waals surface area contributed by atoms with Crippen molar-refractivity contribution in [2.75, 3.05) is 0 Å². The van der Waals surface area contributed by atoms with Gasteiger partial charge in [-0.25, -0.2) is 0 Å². The van der Waals surface area contributed by atoms with Gasteiger partial charge in [0.15, 0.2) is 0 Å². The van der Waals surface area contributed by atoms with E-state index < -0.39 is 8.80 Å². The number of rotatable bonds is 3. The van der Waals surface area contributed by atoms with Crippen LogP contribution in [0.25, 0.3) is 16.4 Å². The van der Waals surface area contributed by atoms with Crippen LogP contribution in [0, 0.1) is 20.8 Å².